The average molecular weight is 395 g/mol. The van der Waals surface area contributed by atoms with Crippen LogP contribution in [-0.2, 0) is 14.4 Å². The molecule has 1 fully saturated rings. The number of hydrogen-bond donors (Lipinski definition) is 1. The molecule has 1 aliphatic rings. The molecule has 3 rings (SSSR count). The predicted molar refractivity (Wildman–Crippen MR) is 107 cm³/mol. The number of amides is 5. The number of urea groups is 1. The van der Waals surface area contributed by atoms with Gasteiger partial charge in [0, 0.05) is 5.69 Å². The maximum absolute atomic E-state index is 12.6. The van der Waals surface area contributed by atoms with Crippen molar-refractivity contribution in [2.75, 3.05) is 23.9 Å². The summed E-state index contributed by atoms with van der Waals surface area (Å²) in [6.45, 7) is 3.51. The van der Waals surface area contributed by atoms with Gasteiger partial charge in [-0.15, -0.1) is 0 Å². The maximum Gasteiger partial charge on any atom is 0.339 e. The SMILES string of the molecule is COc1ccc(N2C(=O)C(=O)N(CC(=O)Nc3cccc(C(C)C)c3)C2=O)cc1. The largest absolute Gasteiger partial charge is 0.497 e. The first-order valence-corrected chi connectivity index (χ1v) is 9.05. The molecule has 0 bridgehead atoms. The van der Waals surface area contributed by atoms with Gasteiger partial charge in [0.1, 0.15) is 12.3 Å². The summed E-state index contributed by atoms with van der Waals surface area (Å²) in [5.41, 5.74) is 1.82. The zero-order valence-corrected chi connectivity index (χ0v) is 16.3. The first kappa shape index (κ1) is 20.1. The van der Waals surface area contributed by atoms with Crippen LogP contribution in [0, 0.1) is 0 Å². The molecule has 0 aliphatic carbocycles. The molecule has 2 aromatic rings. The van der Waals surface area contributed by atoms with E-state index in [0.717, 1.165) is 10.5 Å². The van der Waals surface area contributed by atoms with Crippen LogP contribution < -0.4 is 15.0 Å². The third kappa shape index (κ3) is 4.11. The quantitative estimate of drug-likeness (QED) is 0.599. The Hall–Kier alpha value is -3.68. The average Bonchev–Trinajstić information content (AvgIpc) is 2.91. The highest BCUT2D eigenvalue weighted by Crippen LogP contribution is 2.25. The Kier molecular flexibility index (Phi) is 5.63. The number of hydrogen-bond acceptors (Lipinski definition) is 5. The number of rotatable bonds is 6. The predicted octanol–water partition coefficient (Wildman–Crippen LogP) is 2.75. The van der Waals surface area contributed by atoms with Crippen LogP contribution in [0.25, 0.3) is 0 Å². The number of carbonyl (C=O) groups excluding carboxylic acids is 4. The molecule has 8 nitrogen and oxygen atoms in total. The molecule has 0 radical (unpaired) electrons. The van der Waals surface area contributed by atoms with Gasteiger partial charge in [-0.05, 0) is 47.9 Å². The molecule has 0 atom stereocenters. The summed E-state index contributed by atoms with van der Waals surface area (Å²) in [5.74, 6) is -1.80. The smallest absolute Gasteiger partial charge is 0.339 e. The van der Waals surface area contributed by atoms with E-state index in [0.29, 0.717) is 16.3 Å². The molecule has 5 amide bonds. The van der Waals surface area contributed by atoms with E-state index in [1.807, 2.05) is 32.0 Å². The summed E-state index contributed by atoms with van der Waals surface area (Å²) in [6.07, 6.45) is 0. The van der Waals surface area contributed by atoms with Crippen LogP contribution in [0.3, 0.4) is 0 Å². The molecule has 0 saturated carbocycles. The fraction of sp³-hybridized carbons (Fsp3) is 0.238. The van der Waals surface area contributed by atoms with E-state index in [2.05, 4.69) is 5.32 Å². The van der Waals surface area contributed by atoms with Gasteiger partial charge in [0.05, 0.1) is 12.8 Å². The van der Waals surface area contributed by atoms with Crippen molar-refractivity contribution in [1.29, 1.82) is 0 Å². The molecular weight excluding hydrogens is 374 g/mol. The van der Waals surface area contributed by atoms with E-state index in [4.69, 9.17) is 4.74 Å². The number of nitrogens with one attached hydrogen (secondary N) is 1. The minimum atomic E-state index is -1.04. The van der Waals surface area contributed by atoms with Crippen LogP contribution >= 0.6 is 0 Å². The normalized spacial score (nSPS) is 14.0. The third-order valence-electron chi connectivity index (χ3n) is 4.52. The second-order valence-corrected chi connectivity index (χ2v) is 6.84. The first-order chi connectivity index (χ1) is 13.8. The minimum Gasteiger partial charge on any atom is -0.497 e. The van der Waals surface area contributed by atoms with Crippen LogP contribution in [0.4, 0.5) is 16.2 Å². The summed E-state index contributed by atoms with van der Waals surface area (Å²) < 4.78 is 5.04. The number of carbonyl (C=O) groups is 4. The number of nitrogens with zero attached hydrogens (tertiary/aromatic N) is 2. The zero-order chi connectivity index (χ0) is 21.1. The Morgan fingerprint density at radius 3 is 2.34 bits per heavy atom. The summed E-state index contributed by atoms with van der Waals surface area (Å²) in [4.78, 5) is 50.9. The lowest BCUT2D eigenvalue weighted by Crippen LogP contribution is -2.39. The number of benzene rings is 2. The van der Waals surface area contributed by atoms with E-state index in [1.165, 1.54) is 19.2 Å². The van der Waals surface area contributed by atoms with Crippen molar-refractivity contribution < 1.29 is 23.9 Å². The Balaban J connectivity index is 1.72. The van der Waals surface area contributed by atoms with Crippen molar-refractivity contribution in [3.63, 3.8) is 0 Å². The second kappa shape index (κ2) is 8.14. The molecule has 0 aromatic heterocycles. The van der Waals surface area contributed by atoms with Crippen molar-refractivity contribution in [1.82, 2.24) is 4.90 Å². The summed E-state index contributed by atoms with van der Waals surface area (Å²) in [6, 6.07) is 12.5. The molecule has 1 aliphatic heterocycles. The topological polar surface area (TPSA) is 96.0 Å². The van der Waals surface area contributed by atoms with Crippen molar-refractivity contribution in [3.05, 3.63) is 54.1 Å². The molecule has 0 spiro atoms. The van der Waals surface area contributed by atoms with E-state index in [-0.39, 0.29) is 11.6 Å². The van der Waals surface area contributed by atoms with Gasteiger partial charge in [-0.2, -0.15) is 0 Å². The van der Waals surface area contributed by atoms with Gasteiger partial charge >= 0.3 is 17.8 Å². The monoisotopic (exact) mass is 395 g/mol. The molecule has 29 heavy (non-hydrogen) atoms. The van der Waals surface area contributed by atoms with Crippen LogP contribution in [0.5, 0.6) is 5.75 Å². The second-order valence-electron chi connectivity index (χ2n) is 6.84. The summed E-state index contributed by atoms with van der Waals surface area (Å²) in [5, 5.41) is 2.66. The van der Waals surface area contributed by atoms with Gasteiger partial charge < -0.3 is 10.1 Å². The Morgan fingerprint density at radius 1 is 1.03 bits per heavy atom. The number of ether oxygens (including phenoxy) is 1. The highest BCUT2D eigenvalue weighted by Gasteiger charge is 2.46. The highest BCUT2D eigenvalue weighted by molar-refractivity contribution is 6.53. The lowest BCUT2D eigenvalue weighted by Gasteiger charge is -2.16. The summed E-state index contributed by atoms with van der Waals surface area (Å²) in [7, 11) is 1.49. The van der Waals surface area contributed by atoms with Gasteiger partial charge in [-0.25, -0.2) is 14.6 Å². The van der Waals surface area contributed by atoms with E-state index in [9.17, 15) is 19.2 Å². The highest BCUT2D eigenvalue weighted by atomic mass is 16.5. The van der Waals surface area contributed by atoms with Crippen LogP contribution in [-0.4, -0.2) is 42.3 Å². The van der Waals surface area contributed by atoms with Crippen molar-refractivity contribution in [2.24, 2.45) is 0 Å². The lowest BCUT2D eigenvalue weighted by molar-refractivity contribution is -0.140. The summed E-state index contributed by atoms with van der Waals surface area (Å²) >= 11 is 0. The van der Waals surface area contributed by atoms with E-state index >= 15 is 0 Å². The fourth-order valence-corrected chi connectivity index (χ4v) is 2.92. The molecule has 1 saturated heterocycles. The van der Waals surface area contributed by atoms with Crippen LogP contribution in [0.1, 0.15) is 25.3 Å². The van der Waals surface area contributed by atoms with E-state index in [1.54, 1.807) is 18.2 Å². The van der Waals surface area contributed by atoms with Crippen LogP contribution in [0.2, 0.25) is 0 Å². The molecule has 0 unspecified atom stereocenters. The van der Waals surface area contributed by atoms with Gasteiger partial charge in [0.25, 0.3) is 0 Å². The molecule has 150 valence electrons. The Labute approximate surface area is 168 Å². The Bertz CT molecular complexity index is 969. The number of methoxy groups -OCH3 is 1. The maximum atomic E-state index is 12.6. The molecule has 1 heterocycles. The molecule has 2 aromatic carbocycles. The third-order valence-corrected chi connectivity index (χ3v) is 4.52. The zero-order valence-electron chi connectivity index (χ0n) is 16.3. The Morgan fingerprint density at radius 2 is 1.72 bits per heavy atom. The van der Waals surface area contributed by atoms with Crippen LogP contribution in [0.15, 0.2) is 48.5 Å². The van der Waals surface area contributed by atoms with Gasteiger partial charge in [-0.1, -0.05) is 26.0 Å². The standard InChI is InChI=1S/C21H21N3O5/c1-13(2)14-5-4-6-15(11-14)22-18(25)12-23-19(26)20(27)24(21(23)28)16-7-9-17(29-3)10-8-16/h4-11,13H,12H2,1-3H3,(H,22,25). The van der Waals surface area contributed by atoms with Gasteiger partial charge in [0.15, 0.2) is 0 Å². The molecule has 8 heteroatoms. The number of anilines is 2. The van der Waals surface area contributed by atoms with E-state index < -0.39 is 30.3 Å². The van der Waals surface area contributed by atoms with Crippen molar-refractivity contribution in [2.45, 2.75) is 19.8 Å². The van der Waals surface area contributed by atoms with Crippen molar-refractivity contribution in [3.8, 4) is 5.75 Å². The first-order valence-electron chi connectivity index (χ1n) is 9.05. The molecular formula is C21H21N3O5. The molecule has 1 N–H and O–H groups in total. The van der Waals surface area contributed by atoms with Gasteiger partial charge in [-0.3, -0.25) is 14.4 Å². The fourth-order valence-electron chi connectivity index (χ4n) is 2.92. The number of imide groups is 2. The van der Waals surface area contributed by atoms with Crippen molar-refractivity contribution >= 4 is 35.1 Å². The van der Waals surface area contributed by atoms with Gasteiger partial charge in [0.2, 0.25) is 5.91 Å². The lowest BCUT2D eigenvalue weighted by atomic mass is 10.0. The minimum absolute atomic E-state index is 0.224.